The number of aliphatic imine (C=N–C) groups is 1. The van der Waals surface area contributed by atoms with Gasteiger partial charge < -0.3 is 30.3 Å². The van der Waals surface area contributed by atoms with Gasteiger partial charge in [0.15, 0.2) is 5.96 Å². The molecule has 1 unspecified atom stereocenters. The van der Waals surface area contributed by atoms with Crippen LogP contribution in [0.4, 0.5) is 9.59 Å². The summed E-state index contributed by atoms with van der Waals surface area (Å²) in [5, 5.41) is 8.92. The summed E-state index contributed by atoms with van der Waals surface area (Å²) in [6.07, 6.45) is 0.772. The molecule has 0 aromatic rings. The number of hydrogen-bond donors (Lipinski definition) is 3. The Morgan fingerprint density at radius 1 is 1.00 bits per heavy atom. The quantitative estimate of drug-likeness (QED) is 0.220. The lowest BCUT2D eigenvalue weighted by atomic mass is 10.2. The molecule has 0 bridgehead atoms. The van der Waals surface area contributed by atoms with Gasteiger partial charge in [0.1, 0.15) is 11.2 Å². The van der Waals surface area contributed by atoms with Gasteiger partial charge in [0.25, 0.3) is 0 Å². The van der Waals surface area contributed by atoms with Crippen LogP contribution in [0.2, 0.25) is 0 Å². The summed E-state index contributed by atoms with van der Waals surface area (Å²) >= 11 is 0. The summed E-state index contributed by atoms with van der Waals surface area (Å²) in [4.78, 5) is 29.9. The van der Waals surface area contributed by atoms with Crippen LogP contribution < -0.4 is 16.0 Å². The molecule has 0 spiro atoms. The van der Waals surface area contributed by atoms with Gasteiger partial charge in [-0.05, 0) is 54.4 Å². The topological polar surface area (TPSA) is 104 Å². The van der Waals surface area contributed by atoms with Gasteiger partial charge in [-0.1, -0.05) is 0 Å². The number of hydrogen-bond acceptors (Lipinski definition) is 5. The summed E-state index contributed by atoms with van der Waals surface area (Å²) in [6, 6.07) is 0.0298. The molecule has 1 saturated heterocycles. The average molecular weight is 527 g/mol. The standard InChI is InChI=1S/C19H37N5O4.HI/c1-18(2,3)27-16(25)22-11-8-10-21-15(20-7)24-12-9-14(13-24)23-17(26)28-19(4,5)6;/h14H,8-13H2,1-7H3,(H,20,21)(H,22,25)(H,23,26);1H. The molecule has 1 heterocycles. The molecule has 3 N–H and O–H groups in total. The molecular weight excluding hydrogens is 489 g/mol. The van der Waals surface area contributed by atoms with Crippen LogP contribution in [0.15, 0.2) is 4.99 Å². The maximum atomic E-state index is 11.9. The van der Waals surface area contributed by atoms with Crippen molar-refractivity contribution in [3.05, 3.63) is 0 Å². The summed E-state index contributed by atoms with van der Waals surface area (Å²) in [5.41, 5.74) is -1.00. The SMILES string of the molecule is CN=C(NCCCNC(=O)OC(C)(C)C)N1CCC(NC(=O)OC(C)(C)C)C1.I. The number of amides is 2. The lowest BCUT2D eigenvalue weighted by Crippen LogP contribution is -2.44. The largest absolute Gasteiger partial charge is 0.444 e. The number of carbonyl (C=O) groups excluding carboxylic acids is 2. The Balaban J connectivity index is 0.00000784. The van der Waals surface area contributed by atoms with Gasteiger partial charge in [0.2, 0.25) is 0 Å². The van der Waals surface area contributed by atoms with Crippen LogP contribution in [0.3, 0.4) is 0 Å². The highest BCUT2D eigenvalue weighted by molar-refractivity contribution is 14.0. The Kier molecular flexibility index (Phi) is 11.7. The van der Waals surface area contributed by atoms with Crippen molar-refractivity contribution in [2.24, 2.45) is 4.99 Å². The number of halogens is 1. The third-order valence-corrected chi connectivity index (χ3v) is 3.73. The number of carbonyl (C=O) groups is 2. The van der Waals surface area contributed by atoms with E-state index in [1.165, 1.54) is 0 Å². The van der Waals surface area contributed by atoms with E-state index in [9.17, 15) is 9.59 Å². The van der Waals surface area contributed by atoms with Gasteiger partial charge in [0, 0.05) is 33.2 Å². The second-order valence-electron chi connectivity index (χ2n) is 8.83. The molecule has 1 atom stereocenters. The van der Waals surface area contributed by atoms with Crippen molar-refractivity contribution in [3.8, 4) is 0 Å². The minimum absolute atomic E-state index is 0. The number of likely N-dealkylation sites (tertiary alicyclic amines) is 1. The third kappa shape index (κ3) is 12.7. The number of nitrogens with one attached hydrogen (secondary N) is 3. The Morgan fingerprint density at radius 3 is 2.10 bits per heavy atom. The van der Waals surface area contributed by atoms with E-state index < -0.39 is 23.4 Å². The van der Waals surface area contributed by atoms with E-state index in [0.29, 0.717) is 19.6 Å². The van der Waals surface area contributed by atoms with Crippen molar-refractivity contribution in [2.75, 3.05) is 33.2 Å². The van der Waals surface area contributed by atoms with Crippen molar-refractivity contribution >= 4 is 42.1 Å². The van der Waals surface area contributed by atoms with Crippen LogP contribution in [0.1, 0.15) is 54.4 Å². The summed E-state index contributed by atoms with van der Waals surface area (Å²) in [6.45, 7) is 13.7. The first-order chi connectivity index (χ1) is 12.9. The number of nitrogens with zero attached hydrogens (tertiary/aromatic N) is 2. The van der Waals surface area contributed by atoms with Gasteiger partial charge in [0.05, 0.1) is 6.04 Å². The highest BCUT2D eigenvalue weighted by Gasteiger charge is 2.27. The van der Waals surface area contributed by atoms with Crippen molar-refractivity contribution in [2.45, 2.75) is 71.6 Å². The molecule has 1 aliphatic rings. The van der Waals surface area contributed by atoms with E-state index in [4.69, 9.17) is 9.47 Å². The van der Waals surface area contributed by atoms with E-state index in [1.807, 2.05) is 41.5 Å². The Labute approximate surface area is 191 Å². The molecule has 10 heteroatoms. The molecule has 0 aromatic carbocycles. The summed E-state index contributed by atoms with van der Waals surface area (Å²) in [7, 11) is 1.73. The van der Waals surface area contributed by atoms with E-state index >= 15 is 0 Å². The van der Waals surface area contributed by atoms with Crippen LogP contribution in [0.25, 0.3) is 0 Å². The highest BCUT2D eigenvalue weighted by Crippen LogP contribution is 2.12. The second kappa shape index (κ2) is 12.3. The molecule has 9 nitrogen and oxygen atoms in total. The molecule has 0 aliphatic carbocycles. The molecular formula is C19H38IN5O4. The van der Waals surface area contributed by atoms with E-state index in [2.05, 4.69) is 25.8 Å². The van der Waals surface area contributed by atoms with Crippen LogP contribution in [0.5, 0.6) is 0 Å². The molecule has 0 radical (unpaired) electrons. The third-order valence-electron chi connectivity index (χ3n) is 3.73. The van der Waals surface area contributed by atoms with Gasteiger partial charge in [-0.15, -0.1) is 24.0 Å². The van der Waals surface area contributed by atoms with Crippen LogP contribution in [-0.2, 0) is 9.47 Å². The molecule has 1 fully saturated rings. The minimum atomic E-state index is -0.507. The summed E-state index contributed by atoms with van der Waals surface area (Å²) in [5.74, 6) is 0.783. The smallest absolute Gasteiger partial charge is 0.407 e. The second-order valence-corrected chi connectivity index (χ2v) is 8.83. The first-order valence-electron chi connectivity index (χ1n) is 9.81. The van der Waals surface area contributed by atoms with E-state index in [0.717, 1.165) is 25.3 Å². The fraction of sp³-hybridized carbons (Fsp3) is 0.842. The summed E-state index contributed by atoms with van der Waals surface area (Å²) < 4.78 is 10.5. The molecule has 170 valence electrons. The predicted octanol–water partition coefficient (Wildman–Crippen LogP) is 2.69. The average Bonchev–Trinajstić information content (AvgIpc) is 2.95. The zero-order valence-corrected chi connectivity index (χ0v) is 21.1. The van der Waals surface area contributed by atoms with E-state index in [1.54, 1.807) is 7.05 Å². The first kappa shape index (κ1) is 27.5. The van der Waals surface area contributed by atoms with Crippen molar-refractivity contribution < 1.29 is 19.1 Å². The Bertz CT molecular complexity index is 558. The number of alkyl carbamates (subject to hydrolysis) is 2. The lowest BCUT2D eigenvalue weighted by Gasteiger charge is -2.23. The zero-order chi connectivity index (χ0) is 21.4. The molecule has 29 heavy (non-hydrogen) atoms. The van der Waals surface area contributed by atoms with Gasteiger partial charge >= 0.3 is 12.2 Å². The monoisotopic (exact) mass is 527 g/mol. The van der Waals surface area contributed by atoms with E-state index in [-0.39, 0.29) is 30.0 Å². The van der Waals surface area contributed by atoms with Gasteiger partial charge in [-0.3, -0.25) is 4.99 Å². The zero-order valence-electron chi connectivity index (χ0n) is 18.8. The highest BCUT2D eigenvalue weighted by atomic mass is 127. The number of guanidine groups is 1. The van der Waals surface area contributed by atoms with Crippen molar-refractivity contribution in [1.29, 1.82) is 0 Å². The van der Waals surface area contributed by atoms with Gasteiger partial charge in [-0.25, -0.2) is 9.59 Å². The van der Waals surface area contributed by atoms with Crippen molar-refractivity contribution in [3.63, 3.8) is 0 Å². The van der Waals surface area contributed by atoms with Crippen LogP contribution >= 0.6 is 24.0 Å². The number of ether oxygens (including phenoxy) is 2. The molecule has 0 saturated carbocycles. The maximum absolute atomic E-state index is 11.9. The Hall–Kier alpha value is -1.46. The van der Waals surface area contributed by atoms with Crippen LogP contribution in [0, 0.1) is 0 Å². The van der Waals surface area contributed by atoms with Crippen LogP contribution in [-0.4, -0.2) is 73.5 Å². The molecule has 1 rings (SSSR count). The van der Waals surface area contributed by atoms with Crippen molar-refractivity contribution in [1.82, 2.24) is 20.9 Å². The molecule has 1 aliphatic heterocycles. The minimum Gasteiger partial charge on any atom is -0.444 e. The molecule has 2 amide bonds. The first-order valence-corrected chi connectivity index (χ1v) is 9.81. The normalized spacial score (nSPS) is 17.3. The fourth-order valence-electron chi connectivity index (χ4n) is 2.67. The Morgan fingerprint density at radius 2 is 1.55 bits per heavy atom. The fourth-order valence-corrected chi connectivity index (χ4v) is 2.67. The lowest BCUT2D eigenvalue weighted by molar-refractivity contribution is 0.0501. The molecule has 0 aromatic heterocycles. The van der Waals surface area contributed by atoms with Gasteiger partial charge in [-0.2, -0.15) is 0 Å². The number of rotatable bonds is 5. The maximum Gasteiger partial charge on any atom is 0.407 e. The predicted molar refractivity (Wildman–Crippen MR) is 125 cm³/mol.